The van der Waals surface area contributed by atoms with Crippen molar-refractivity contribution in [2.24, 2.45) is 0 Å². The third kappa shape index (κ3) is 3.55. The summed E-state index contributed by atoms with van der Waals surface area (Å²) >= 11 is 0. The van der Waals surface area contributed by atoms with Gasteiger partial charge in [0.2, 0.25) is 0 Å². The van der Waals surface area contributed by atoms with Crippen LogP contribution in [0.15, 0.2) is 18.2 Å². The Hall–Kier alpha value is -1.73. The highest BCUT2D eigenvalue weighted by molar-refractivity contribution is 6.63. The highest BCUT2D eigenvalue weighted by Gasteiger charge is 2.52. The van der Waals surface area contributed by atoms with Crippen molar-refractivity contribution in [1.82, 2.24) is 4.90 Å². The lowest BCUT2D eigenvalue weighted by Crippen LogP contribution is -2.44. The van der Waals surface area contributed by atoms with Crippen LogP contribution in [0.5, 0.6) is 5.75 Å². The van der Waals surface area contributed by atoms with E-state index in [1.165, 1.54) is 0 Å². The van der Waals surface area contributed by atoms with Crippen molar-refractivity contribution in [3.8, 4) is 5.75 Å². The van der Waals surface area contributed by atoms with Gasteiger partial charge in [-0.3, -0.25) is 4.90 Å². The number of fused-ring (bicyclic) bond motifs is 1. The number of carbonyl (C=O) groups excluding carboxylic acids is 1. The molecular weight excluding hydrogens is 333 g/mol. The number of ether oxygens (including phenoxy) is 2. The van der Waals surface area contributed by atoms with Gasteiger partial charge in [0.25, 0.3) is 0 Å². The van der Waals surface area contributed by atoms with E-state index >= 15 is 0 Å². The second-order valence-corrected chi connectivity index (χ2v) is 8.88. The summed E-state index contributed by atoms with van der Waals surface area (Å²) in [6.07, 6.45) is -0.385. The minimum Gasteiger partial charge on any atom is -0.473 e. The number of hydrogen-bond donors (Lipinski definition) is 0. The SMILES string of the molecule is CC(C)(C)OC(=O)N1COc2c(cccc2B2OC(C)(C)C(C)(C)O2)C1. The maximum Gasteiger partial charge on any atom is 0.498 e. The van der Waals surface area contributed by atoms with Gasteiger partial charge in [0, 0.05) is 11.0 Å². The molecule has 2 heterocycles. The number of nitrogens with zero attached hydrogens (tertiary/aromatic N) is 1. The third-order valence-corrected chi connectivity index (χ3v) is 5.01. The summed E-state index contributed by atoms with van der Waals surface area (Å²) in [6, 6.07) is 5.83. The highest BCUT2D eigenvalue weighted by atomic mass is 16.7. The molecule has 2 aliphatic heterocycles. The molecule has 0 aliphatic carbocycles. The van der Waals surface area contributed by atoms with Crippen molar-refractivity contribution in [2.75, 3.05) is 6.73 Å². The van der Waals surface area contributed by atoms with E-state index in [2.05, 4.69) is 0 Å². The first-order chi connectivity index (χ1) is 11.9. The van der Waals surface area contributed by atoms with E-state index < -0.39 is 23.9 Å². The Morgan fingerprint density at radius 3 is 2.35 bits per heavy atom. The molecular formula is C19H28BNO5. The van der Waals surface area contributed by atoms with Gasteiger partial charge in [-0.2, -0.15) is 0 Å². The predicted octanol–water partition coefficient (Wildman–Crippen LogP) is 3.07. The molecule has 7 heteroatoms. The topological polar surface area (TPSA) is 57.2 Å². The fourth-order valence-corrected chi connectivity index (χ4v) is 2.90. The van der Waals surface area contributed by atoms with Gasteiger partial charge in [0.15, 0.2) is 6.73 Å². The molecule has 0 radical (unpaired) electrons. The zero-order valence-corrected chi connectivity index (χ0v) is 16.7. The first kappa shape index (κ1) is 19.0. The van der Waals surface area contributed by atoms with Crippen LogP contribution in [0.2, 0.25) is 0 Å². The Labute approximate surface area is 155 Å². The Morgan fingerprint density at radius 1 is 1.15 bits per heavy atom. The molecule has 3 rings (SSSR count). The molecule has 1 aromatic rings. The molecule has 0 atom stereocenters. The zero-order chi connectivity index (χ0) is 19.3. The van der Waals surface area contributed by atoms with Crippen molar-refractivity contribution < 1.29 is 23.6 Å². The molecule has 1 saturated heterocycles. The number of carbonyl (C=O) groups is 1. The summed E-state index contributed by atoms with van der Waals surface area (Å²) in [5.74, 6) is 0.728. The lowest BCUT2D eigenvalue weighted by Gasteiger charge is -2.32. The van der Waals surface area contributed by atoms with Gasteiger partial charge in [0.05, 0.1) is 17.7 Å². The molecule has 0 spiro atoms. The van der Waals surface area contributed by atoms with Crippen LogP contribution in [0.3, 0.4) is 0 Å². The molecule has 0 bridgehead atoms. The van der Waals surface area contributed by atoms with Crippen molar-refractivity contribution in [3.63, 3.8) is 0 Å². The monoisotopic (exact) mass is 361 g/mol. The fourth-order valence-electron chi connectivity index (χ4n) is 2.90. The standard InChI is InChI=1S/C19H28BNO5/c1-17(2,3)24-16(22)21-11-13-9-8-10-14(15(13)23-12-21)20-25-18(4,5)19(6,7)26-20/h8-10H,11-12H2,1-7H3. The van der Waals surface area contributed by atoms with Gasteiger partial charge in [0.1, 0.15) is 11.4 Å². The van der Waals surface area contributed by atoms with Crippen LogP contribution in [0.25, 0.3) is 0 Å². The normalized spacial score (nSPS) is 21.2. The maximum absolute atomic E-state index is 12.3. The van der Waals surface area contributed by atoms with E-state index in [0.29, 0.717) is 6.54 Å². The molecule has 0 saturated carbocycles. The van der Waals surface area contributed by atoms with E-state index in [4.69, 9.17) is 18.8 Å². The summed E-state index contributed by atoms with van der Waals surface area (Å²) in [5, 5.41) is 0. The second-order valence-electron chi connectivity index (χ2n) is 8.88. The Morgan fingerprint density at radius 2 is 1.77 bits per heavy atom. The summed E-state index contributed by atoms with van der Waals surface area (Å²) in [5.41, 5.74) is 0.385. The summed E-state index contributed by atoms with van der Waals surface area (Å²) < 4.78 is 23.6. The summed E-state index contributed by atoms with van der Waals surface area (Å²) in [7, 11) is -0.497. The Bertz CT molecular complexity index is 694. The first-order valence-electron chi connectivity index (χ1n) is 8.98. The van der Waals surface area contributed by atoms with Crippen LogP contribution < -0.4 is 10.2 Å². The lowest BCUT2D eigenvalue weighted by atomic mass is 9.77. The average molecular weight is 361 g/mol. The second kappa shape index (κ2) is 6.17. The van der Waals surface area contributed by atoms with E-state index in [9.17, 15) is 4.79 Å². The van der Waals surface area contributed by atoms with Gasteiger partial charge >= 0.3 is 13.2 Å². The minimum atomic E-state index is -0.540. The number of benzene rings is 1. The molecule has 0 aromatic heterocycles. The van der Waals surface area contributed by atoms with Crippen LogP contribution in [-0.4, -0.2) is 41.6 Å². The molecule has 142 valence electrons. The molecule has 0 unspecified atom stereocenters. The zero-order valence-electron chi connectivity index (χ0n) is 16.7. The predicted molar refractivity (Wildman–Crippen MR) is 99.4 cm³/mol. The molecule has 2 aliphatic rings. The first-order valence-corrected chi connectivity index (χ1v) is 8.98. The molecule has 1 fully saturated rings. The van der Waals surface area contributed by atoms with Gasteiger partial charge < -0.3 is 18.8 Å². The molecule has 6 nitrogen and oxygen atoms in total. The van der Waals surface area contributed by atoms with E-state index in [1.54, 1.807) is 4.90 Å². The van der Waals surface area contributed by atoms with Crippen molar-refractivity contribution >= 4 is 18.7 Å². The average Bonchev–Trinajstić information content (AvgIpc) is 2.72. The Balaban J connectivity index is 1.81. The molecule has 26 heavy (non-hydrogen) atoms. The van der Waals surface area contributed by atoms with Crippen LogP contribution >= 0.6 is 0 Å². The van der Waals surface area contributed by atoms with E-state index in [1.807, 2.05) is 66.7 Å². The highest BCUT2D eigenvalue weighted by Crippen LogP contribution is 2.38. The smallest absolute Gasteiger partial charge is 0.473 e. The van der Waals surface area contributed by atoms with Gasteiger partial charge in [-0.1, -0.05) is 18.2 Å². The molecule has 0 N–H and O–H groups in total. The number of amides is 1. The van der Waals surface area contributed by atoms with Crippen LogP contribution in [0.1, 0.15) is 54.0 Å². The van der Waals surface area contributed by atoms with Crippen molar-refractivity contribution in [1.29, 1.82) is 0 Å². The lowest BCUT2D eigenvalue weighted by molar-refractivity contribution is 0.00256. The summed E-state index contributed by atoms with van der Waals surface area (Å²) in [4.78, 5) is 13.9. The fraction of sp³-hybridized carbons (Fsp3) is 0.632. The largest absolute Gasteiger partial charge is 0.498 e. The number of hydrogen-bond acceptors (Lipinski definition) is 5. The Kier molecular flexibility index (Phi) is 4.52. The van der Waals surface area contributed by atoms with Crippen LogP contribution in [0.4, 0.5) is 4.79 Å². The maximum atomic E-state index is 12.3. The van der Waals surface area contributed by atoms with Crippen LogP contribution in [-0.2, 0) is 20.6 Å². The van der Waals surface area contributed by atoms with Crippen molar-refractivity contribution in [2.45, 2.75) is 71.8 Å². The number of rotatable bonds is 1. The van der Waals surface area contributed by atoms with Crippen molar-refractivity contribution in [3.05, 3.63) is 23.8 Å². The number of para-hydroxylation sites is 1. The van der Waals surface area contributed by atoms with E-state index in [0.717, 1.165) is 16.8 Å². The van der Waals surface area contributed by atoms with Gasteiger partial charge in [-0.25, -0.2) is 4.79 Å². The third-order valence-electron chi connectivity index (χ3n) is 5.01. The molecule has 1 amide bonds. The van der Waals surface area contributed by atoms with Crippen LogP contribution in [0, 0.1) is 0 Å². The minimum absolute atomic E-state index is 0.137. The quantitative estimate of drug-likeness (QED) is 0.720. The molecule has 1 aromatic carbocycles. The van der Waals surface area contributed by atoms with E-state index in [-0.39, 0.29) is 12.8 Å². The summed E-state index contributed by atoms with van der Waals surface area (Å²) in [6.45, 7) is 14.2. The van der Waals surface area contributed by atoms with Gasteiger partial charge in [-0.05, 0) is 48.5 Å². The van der Waals surface area contributed by atoms with Gasteiger partial charge in [-0.15, -0.1) is 0 Å².